The molecule has 0 radical (unpaired) electrons. The number of benzene rings is 2. The number of ether oxygens (including phenoxy) is 1. The molecule has 9 nitrogen and oxygen atoms in total. The maximum absolute atomic E-state index is 13.3. The summed E-state index contributed by atoms with van der Waals surface area (Å²) in [5.41, 5.74) is 8.48. The van der Waals surface area contributed by atoms with Crippen LogP contribution in [0.15, 0.2) is 42.5 Å². The smallest absolute Gasteiger partial charge is 0.410 e. The first kappa shape index (κ1) is 24.1. The highest BCUT2D eigenvalue weighted by molar-refractivity contribution is 6.30. The number of hydrogen-bond donors (Lipinski definition) is 2. The van der Waals surface area contributed by atoms with E-state index in [1.807, 2.05) is 39.0 Å². The second-order valence-electron chi connectivity index (χ2n) is 9.20. The van der Waals surface area contributed by atoms with Gasteiger partial charge in [0.1, 0.15) is 17.4 Å². The van der Waals surface area contributed by atoms with Crippen molar-refractivity contribution in [3.05, 3.63) is 70.0 Å². The molecule has 1 aliphatic heterocycles. The quantitative estimate of drug-likeness (QED) is 0.553. The van der Waals surface area contributed by atoms with Crippen molar-refractivity contribution in [2.45, 2.75) is 39.3 Å². The van der Waals surface area contributed by atoms with E-state index in [2.05, 4.69) is 10.4 Å². The van der Waals surface area contributed by atoms with Crippen LogP contribution >= 0.6 is 11.6 Å². The van der Waals surface area contributed by atoms with Crippen molar-refractivity contribution in [1.29, 1.82) is 5.26 Å². The molecule has 1 aliphatic rings. The van der Waals surface area contributed by atoms with Gasteiger partial charge in [0.05, 0.1) is 5.69 Å². The van der Waals surface area contributed by atoms with Crippen LogP contribution in [0.3, 0.4) is 0 Å². The van der Waals surface area contributed by atoms with Crippen LogP contribution in [0.4, 0.5) is 16.2 Å². The largest absolute Gasteiger partial charge is 0.444 e. The van der Waals surface area contributed by atoms with Crippen LogP contribution in [0, 0.1) is 11.3 Å². The fraction of sp³-hybridized carbons (Fsp3) is 0.280. The lowest BCUT2D eigenvalue weighted by molar-refractivity contribution is 0.0224. The van der Waals surface area contributed by atoms with Crippen LogP contribution < -0.4 is 11.1 Å². The zero-order valence-corrected chi connectivity index (χ0v) is 20.4. The minimum absolute atomic E-state index is 0.0249. The molecule has 0 aliphatic carbocycles. The Balaban J connectivity index is 1.59. The summed E-state index contributed by atoms with van der Waals surface area (Å²) in [5, 5.41) is 16.9. The SMILES string of the molecule is CC(C)(C)OC(=O)N1CCc2ccc(NC(=O)c3c(N)c(C#N)nn3-c3cccc(Cl)c3)cc2C1. The third-order valence-electron chi connectivity index (χ3n) is 5.42. The highest BCUT2D eigenvalue weighted by atomic mass is 35.5. The summed E-state index contributed by atoms with van der Waals surface area (Å²) in [6.07, 6.45) is 0.308. The Morgan fingerprint density at radius 2 is 1.97 bits per heavy atom. The van der Waals surface area contributed by atoms with Gasteiger partial charge >= 0.3 is 6.09 Å². The molecule has 2 heterocycles. The number of rotatable bonds is 3. The number of fused-ring (bicyclic) bond motifs is 1. The molecule has 0 spiro atoms. The lowest BCUT2D eigenvalue weighted by atomic mass is 9.99. The fourth-order valence-electron chi connectivity index (χ4n) is 3.83. The van der Waals surface area contributed by atoms with Crippen LogP contribution in [0.2, 0.25) is 5.02 Å². The first-order valence-electron chi connectivity index (χ1n) is 11.0. The molecule has 2 amide bonds. The number of hydrogen-bond acceptors (Lipinski definition) is 6. The Hall–Kier alpha value is -4.03. The lowest BCUT2D eigenvalue weighted by Gasteiger charge is -2.31. The van der Waals surface area contributed by atoms with E-state index in [9.17, 15) is 14.9 Å². The number of carbonyl (C=O) groups is 2. The van der Waals surface area contributed by atoms with E-state index in [0.717, 1.165) is 11.1 Å². The van der Waals surface area contributed by atoms with Crippen LogP contribution in [0.1, 0.15) is 48.1 Å². The average Bonchev–Trinajstić information content (AvgIpc) is 3.13. The highest BCUT2D eigenvalue weighted by Crippen LogP contribution is 2.27. The van der Waals surface area contributed by atoms with E-state index in [1.54, 1.807) is 35.2 Å². The number of amides is 2. The predicted octanol–water partition coefficient (Wildman–Crippen LogP) is 4.53. The minimum Gasteiger partial charge on any atom is -0.444 e. The number of aromatic nitrogens is 2. The number of halogens is 1. The first-order chi connectivity index (χ1) is 16.6. The molecule has 10 heteroatoms. The van der Waals surface area contributed by atoms with Crippen LogP contribution in [0.25, 0.3) is 5.69 Å². The van der Waals surface area contributed by atoms with Crippen molar-refractivity contribution >= 4 is 35.0 Å². The van der Waals surface area contributed by atoms with Gasteiger partial charge in [-0.3, -0.25) is 4.79 Å². The summed E-state index contributed by atoms with van der Waals surface area (Å²) in [5.74, 6) is -0.531. The van der Waals surface area contributed by atoms with Crippen LogP contribution in [-0.4, -0.2) is 38.8 Å². The van der Waals surface area contributed by atoms with Crippen molar-refractivity contribution < 1.29 is 14.3 Å². The first-order valence-corrected chi connectivity index (χ1v) is 11.4. The normalized spacial score (nSPS) is 13.1. The summed E-state index contributed by atoms with van der Waals surface area (Å²) in [6, 6.07) is 14.2. The van der Waals surface area contributed by atoms with Crippen molar-refractivity contribution in [2.24, 2.45) is 0 Å². The van der Waals surface area contributed by atoms with Gasteiger partial charge in [-0.25, -0.2) is 9.48 Å². The molecule has 1 aromatic heterocycles. The fourth-order valence-corrected chi connectivity index (χ4v) is 4.02. The molecule has 0 fully saturated rings. The number of nitrogens with zero attached hydrogens (tertiary/aromatic N) is 4. The zero-order valence-electron chi connectivity index (χ0n) is 19.6. The van der Waals surface area contributed by atoms with Gasteiger partial charge in [0.25, 0.3) is 5.91 Å². The van der Waals surface area contributed by atoms with Crippen molar-refractivity contribution in [3.8, 4) is 11.8 Å². The van der Waals surface area contributed by atoms with Crippen molar-refractivity contribution in [2.75, 3.05) is 17.6 Å². The molecule has 2 aromatic carbocycles. The van der Waals surface area contributed by atoms with E-state index < -0.39 is 11.5 Å². The number of carbonyl (C=O) groups excluding carboxylic acids is 2. The maximum atomic E-state index is 13.3. The monoisotopic (exact) mass is 492 g/mol. The Labute approximate surface area is 208 Å². The van der Waals surface area contributed by atoms with E-state index >= 15 is 0 Å². The van der Waals surface area contributed by atoms with Gasteiger partial charge in [0.2, 0.25) is 0 Å². The molecule has 0 saturated heterocycles. The topological polar surface area (TPSA) is 126 Å². The van der Waals surface area contributed by atoms with Crippen molar-refractivity contribution in [3.63, 3.8) is 0 Å². The van der Waals surface area contributed by atoms with Gasteiger partial charge in [0.15, 0.2) is 11.4 Å². The lowest BCUT2D eigenvalue weighted by Crippen LogP contribution is -2.39. The summed E-state index contributed by atoms with van der Waals surface area (Å²) in [7, 11) is 0. The Morgan fingerprint density at radius 3 is 2.66 bits per heavy atom. The van der Waals surface area contributed by atoms with E-state index in [-0.39, 0.29) is 23.2 Å². The number of nitrogen functional groups attached to an aromatic ring is 1. The summed E-state index contributed by atoms with van der Waals surface area (Å²) in [6.45, 7) is 6.41. The third kappa shape index (κ3) is 5.23. The van der Waals surface area contributed by atoms with Crippen molar-refractivity contribution in [1.82, 2.24) is 14.7 Å². The van der Waals surface area contributed by atoms with Gasteiger partial charge in [-0.15, -0.1) is 0 Å². The highest BCUT2D eigenvalue weighted by Gasteiger charge is 2.27. The molecule has 0 atom stereocenters. The van der Waals surface area contributed by atoms with E-state index in [0.29, 0.717) is 35.9 Å². The molecular formula is C25H25ClN6O3. The zero-order chi connectivity index (χ0) is 25.3. The second kappa shape index (κ2) is 9.31. The van der Waals surface area contributed by atoms with Gasteiger partial charge in [0, 0.05) is 23.8 Å². The molecule has 35 heavy (non-hydrogen) atoms. The Kier molecular flexibility index (Phi) is 6.41. The molecule has 4 rings (SSSR count). The number of nitriles is 1. The summed E-state index contributed by atoms with van der Waals surface area (Å²) in [4.78, 5) is 27.4. The standard InChI is InChI=1S/C25H25ClN6O3/c1-25(2,3)35-24(34)31-10-9-15-7-8-18(11-16(15)14-31)29-23(33)22-21(28)20(13-27)30-32(22)19-6-4-5-17(26)12-19/h4-8,11-12H,9-10,14,28H2,1-3H3,(H,29,33). The molecule has 0 unspecified atom stereocenters. The van der Waals surface area contributed by atoms with Gasteiger partial charge in [-0.1, -0.05) is 23.7 Å². The maximum Gasteiger partial charge on any atom is 0.410 e. The number of anilines is 2. The summed E-state index contributed by atoms with van der Waals surface area (Å²) >= 11 is 6.10. The molecular weight excluding hydrogens is 468 g/mol. The predicted molar refractivity (Wildman–Crippen MR) is 132 cm³/mol. The molecule has 0 saturated carbocycles. The van der Waals surface area contributed by atoms with Gasteiger partial charge < -0.3 is 20.7 Å². The molecule has 3 aromatic rings. The van der Waals surface area contributed by atoms with E-state index in [4.69, 9.17) is 22.1 Å². The molecule has 3 N–H and O–H groups in total. The number of nitrogens with two attached hydrogens (primary N) is 1. The van der Waals surface area contributed by atoms with E-state index in [1.165, 1.54) is 4.68 Å². The average molecular weight is 493 g/mol. The Morgan fingerprint density at radius 1 is 1.20 bits per heavy atom. The Bertz CT molecular complexity index is 1350. The third-order valence-corrected chi connectivity index (χ3v) is 5.66. The van der Waals surface area contributed by atoms with Gasteiger partial charge in [-0.05, 0) is 68.7 Å². The van der Waals surface area contributed by atoms with Crippen LogP contribution in [0.5, 0.6) is 0 Å². The molecule has 0 bridgehead atoms. The summed E-state index contributed by atoms with van der Waals surface area (Å²) < 4.78 is 6.80. The minimum atomic E-state index is -0.582. The van der Waals surface area contributed by atoms with Crippen LogP contribution in [-0.2, 0) is 17.7 Å². The van der Waals surface area contributed by atoms with Gasteiger partial charge in [-0.2, -0.15) is 10.4 Å². The number of nitrogens with one attached hydrogen (secondary N) is 1. The molecule has 180 valence electrons. The second-order valence-corrected chi connectivity index (χ2v) is 9.64.